The Kier molecular flexibility index (Phi) is 1.71. The molecule has 11 heavy (non-hydrogen) atoms. The van der Waals surface area contributed by atoms with Crippen molar-refractivity contribution in [2.24, 2.45) is 17.6 Å². The van der Waals surface area contributed by atoms with Gasteiger partial charge in [0.25, 0.3) is 0 Å². The summed E-state index contributed by atoms with van der Waals surface area (Å²) in [5, 5.41) is 0. The van der Waals surface area contributed by atoms with E-state index in [2.05, 4.69) is 6.92 Å². The van der Waals surface area contributed by atoms with E-state index in [0.29, 0.717) is 0 Å². The molecule has 0 spiro atoms. The monoisotopic (exact) mass is 153 g/mol. The molecule has 0 aromatic rings. The number of hydrogen-bond donors (Lipinski definition) is 1. The minimum absolute atomic E-state index is 0.226. The Morgan fingerprint density at radius 3 is 2.27 bits per heavy atom. The fourth-order valence-corrected chi connectivity index (χ4v) is 3.07. The van der Waals surface area contributed by atoms with Gasteiger partial charge in [0.05, 0.1) is 0 Å². The first-order valence-electron chi connectivity index (χ1n) is 5.01. The van der Waals surface area contributed by atoms with Crippen molar-refractivity contribution in [2.75, 3.05) is 0 Å². The number of nitrogens with two attached hydrogens (primary N) is 1. The fraction of sp³-hybridized carbons (Fsp3) is 1.00. The van der Waals surface area contributed by atoms with Crippen LogP contribution >= 0.6 is 0 Å². The Bertz CT molecular complexity index is 141. The van der Waals surface area contributed by atoms with E-state index in [1.807, 2.05) is 0 Å². The van der Waals surface area contributed by atoms with E-state index in [1.165, 1.54) is 38.5 Å². The highest BCUT2D eigenvalue weighted by molar-refractivity contribution is 4.96. The zero-order valence-electron chi connectivity index (χ0n) is 7.47. The summed E-state index contributed by atoms with van der Waals surface area (Å²) >= 11 is 0. The molecular formula is C10H19N. The lowest BCUT2D eigenvalue weighted by Gasteiger charge is -2.36. The van der Waals surface area contributed by atoms with Crippen LogP contribution in [0.4, 0.5) is 0 Å². The van der Waals surface area contributed by atoms with Crippen LogP contribution in [0.15, 0.2) is 0 Å². The molecule has 0 aromatic carbocycles. The molecule has 0 aliphatic heterocycles. The average Bonchev–Trinajstić information content (AvgIpc) is 2.31. The number of fused-ring (bicyclic) bond motifs is 2. The number of hydrogen-bond acceptors (Lipinski definition) is 1. The van der Waals surface area contributed by atoms with E-state index in [9.17, 15) is 0 Å². The Morgan fingerprint density at radius 2 is 1.82 bits per heavy atom. The van der Waals surface area contributed by atoms with Crippen LogP contribution in [0, 0.1) is 11.8 Å². The summed E-state index contributed by atoms with van der Waals surface area (Å²) in [7, 11) is 0. The van der Waals surface area contributed by atoms with Gasteiger partial charge in [-0.15, -0.1) is 0 Å². The summed E-state index contributed by atoms with van der Waals surface area (Å²) in [6.07, 6.45) is 8.20. The maximum Gasteiger partial charge on any atom is 0.0157 e. The van der Waals surface area contributed by atoms with E-state index in [4.69, 9.17) is 5.73 Å². The first-order chi connectivity index (χ1) is 5.22. The Hall–Kier alpha value is -0.0400. The second-order valence-electron chi connectivity index (χ2n) is 4.67. The van der Waals surface area contributed by atoms with E-state index < -0.39 is 0 Å². The molecule has 0 amide bonds. The minimum Gasteiger partial charge on any atom is -0.325 e. The molecule has 2 aliphatic rings. The lowest BCUT2D eigenvalue weighted by molar-refractivity contribution is 0.212. The van der Waals surface area contributed by atoms with Crippen LogP contribution in [0.3, 0.4) is 0 Å². The van der Waals surface area contributed by atoms with E-state index in [0.717, 1.165) is 11.8 Å². The van der Waals surface area contributed by atoms with Gasteiger partial charge in [0, 0.05) is 5.54 Å². The van der Waals surface area contributed by atoms with Gasteiger partial charge in [-0.25, -0.2) is 0 Å². The van der Waals surface area contributed by atoms with Gasteiger partial charge in [0.1, 0.15) is 0 Å². The molecule has 2 bridgehead atoms. The van der Waals surface area contributed by atoms with Crippen molar-refractivity contribution in [1.82, 2.24) is 0 Å². The van der Waals surface area contributed by atoms with Crippen molar-refractivity contribution in [1.29, 1.82) is 0 Å². The van der Waals surface area contributed by atoms with Crippen LogP contribution in [-0.2, 0) is 0 Å². The maximum absolute atomic E-state index is 6.28. The third-order valence-corrected chi connectivity index (χ3v) is 3.74. The summed E-state index contributed by atoms with van der Waals surface area (Å²) in [5.41, 5.74) is 6.51. The lowest BCUT2D eigenvalue weighted by atomic mass is 9.74. The van der Waals surface area contributed by atoms with Gasteiger partial charge in [-0.1, -0.05) is 19.8 Å². The standard InChI is InChI=1S/C10H19N/c1-2-10(11)6-8-3-4-9(5-8)7-10/h8-9H,2-7,11H2,1H3. The van der Waals surface area contributed by atoms with Crippen LogP contribution in [-0.4, -0.2) is 5.54 Å². The highest BCUT2D eigenvalue weighted by Crippen LogP contribution is 2.46. The molecule has 64 valence electrons. The molecule has 2 N–H and O–H groups in total. The largest absolute Gasteiger partial charge is 0.325 e. The first kappa shape index (κ1) is 7.60. The molecule has 0 radical (unpaired) electrons. The van der Waals surface area contributed by atoms with Crippen LogP contribution in [0.25, 0.3) is 0 Å². The summed E-state index contributed by atoms with van der Waals surface area (Å²) in [5.74, 6) is 1.97. The van der Waals surface area contributed by atoms with Crippen LogP contribution in [0.1, 0.15) is 45.4 Å². The molecule has 2 rings (SSSR count). The Balaban J connectivity index is 2.07. The highest BCUT2D eigenvalue weighted by Gasteiger charge is 2.40. The molecule has 1 nitrogen and oxygen atoms in total. The molecule has 2 aliphatic carbocycles. The predicted octanol–water partition coefficient (Wildman–Crippen LogP) is 2.30. The van der Waals surface area contributed by atoms with Gasteiger partial charge in [-0.05, 0) is 37.5 Å². The zero-order valence-corrected chi connectivity index (χ0v) is 7.47. The molecule has 0 saturated heterocycles. The topological polar surface area (TPSA) is 26.0 Å². The second-order valence-corrected chi connectivity index (χ2v) is 4.67. The van der Waals surface area contributed by atoms with Crippen LogP contribution < -0.4 is 5.73 Å². The van der Waals surface area contributed by atoms with E-state index in [1.54, 1.807) is 0 Å². The van der Waals surface area contributed by atoms with Crippen molar-refractivity contribution in [2.45, 2.75) is 51.0 Å². The summed E-state index contributed by atoms with van der Waals surface area (Å²) in [6, 6.07) is 0. The second kappa shape index (κ2) is 2.48. The molecule has 0 aromatic heterocycles. The molecule has 2 atom stereocenters. The highest BCUT2D eigenvalue weighted by atomic mass is 14.8. The van der Waals surface area contributed by atoms with Crippen molar-refractivity contribution < 1.29 is 0 Å². The fourth-order valence-electron chi connectivity index (χ4n) is 3.07. The van der Waals surface area contributed by atoms with Gasteiger partial charge in [-0.2, -0.15) is 0 Å². The quantitative estimate of drug-likeness (QED) is 0.614. The van der Waals surface area contributed by atoms with Crippen molar-refractivity contribution in [3.05, 3.63) is 0 Å². The summed E-state index contributed by atoms with van der Waals surface area (Å²) in [4.78, 5) is 0. The van der Waals surface area contributed by atoms with Gasteiger partial charge in [0.2, 0.25) is 0 Å². The summed E-state index contributed by atoms with van der Waals surface area (Å²) in [6.45, 7) is 2.24. The third kappa shape index (κ3) is 1.31. The maximum atomic E-state index is 6.28. The lowest BCUT2D eigenvalue weighted by Crippen LogP contribution is -2.44. The average molecular weight is 153 g/mol. The van der Waals surface area contributed by atoms with Crippen LogP contribution in [0.2, 0.25) is 0 Å². The van der Waals surface area contributed by atoms with Crippen molar-refractivity contribution >= 4 is 0 Å². The van der Waals surface area contributed by atoms with Crippen molar-refractivity contribution in [3.63, 3.8) is 0 Å². The van der Waals surface area contributed by atoms with Gasteiger partial charge >= 0.3 is 0 Å². The SMILES string of the molecule is CCC1(N)CC2CCC(C2)C1. The van der Waals surface area contributed by atoms with Crippen molar-refractivity contribution in [3.8, 4) is 0 Å². The number of rotatable bonds is 1. The Labute approximate surface area is 69.4 Å². The molecule has 2 unspecified atom stereocenters. The molecule has 2 saturated carbocycles. The zero-order chi connectivity index (χ0) is 7.90. The van der Waals surface area contributed by atoms with E-state index >= 15 is 0 Å². The van der Waals surface area contributed by atoms with Crippen LogP contribution in [0.5, 0.6) is 0 Å². The Morgan fingerprint density at radius 1 is 1.27 bits per heavy atom. The molecule has 2 fully saturated rings. The minimum atomic E-state index is 0.226. The predicted molar refractivity (Wildman–Crippen MR) is 47.3 cm³/mol. The normalized spacial score (nSPS) is 49.6. The third-order valence-electron chi connectivity index (χ3n) is 3.74. The van der Waals surface area contributed by atoms with Gasteiger partial charge < -0.3 is 5.73 Å². The smallest absolute Gasteiger partial charge is 0.0157 e. The van der Waals surface area contributed by atoms with Gasteiger partial charge in [0.15, 0.2) is 0 Å². The first-order valence-corrected chi connectivity index (χ1v) is 5.01. The van der Waals surface area contributed by atoms with E-state index in [-0.39, 0.29) is 5.54 Å². The molecular weight excluding hydrogens is 134 g/mol. The van der Waals surface area contributed by atoms with Gasteiger partial charge in [-0.3, -0.25) is 0 Å². The summed E-state index contributed by atoms with van der Waals surface area (Å²) < 4.78 is 0. The molecule has 1 heteroatoms. The molecule has 0 heterocycles.